The number of nitriles is 1. The van der Waals surface area contributed by atoms with Crippen molar-refractivity contribution in [2.45, 2.75) is 6.92 Å². The lowest BCUT2D eigenvalue weighted by Crippen LogP contribution is -2.30. The lowest BCUT2D eigenvalue weighted by molar-refractivity contribution is 0.0690. The molecule has 2 N–H and O–H groups in total. The minimum absolute atomic E-state index is 0.148. The summed E-state index contributed by atoms with van der Waals surface area (Å²) in [7, 11) is 0. The monoisotopic (exact) mass is 233 g/mol. The molecule has 0 aliphatic heterocycles. The first-order valence-electron chi connectivity index (χ1n) is 4.92. The fourth-order valence-corrected chi connectivity index (χ4v) is 1.13. The maximum atomic E-state index is 11.6. The van der Waals surface area contributed by atoms with Gasteiger partial charge in [0.15, 0.2) is 0 Å². The van der Waals surface area contributed by atoms with Crippen LogP contribution in [0.4, 0.5) is 0 Å². The number of carboxylic acid groups (broad SMARTS) is 1. The number of hydrogen-bond acceptors (Lipinski definition) is 4. The molecule has 1 atom stereocenters. The number of nitrogens with zero attached hydrogens (tertiary/aromatic N) is 2. The van der Waals surface area contributed by atoms with E-state index in [-0.39, 0.29) is 23.7 Å². The van der Waals surface area contributed by atoms with E-state index < -0.39 is 11.9 Å². The molecular formula is C11H11N3O3. The number of pyridine rings is 1. The topological polar surface area (TPSA) is 103 Å². The molecule has 1 unspecified atom stereocenters. The molecule has 0 radical (unpaired) electrons. The molecule has 1 aromatic rings. The Morgan fingerprint density at radius 1 is 1.65 bits per heavy atom. The van der Waals surface area contributed by atoms with Gasteiger partial charge >= 0.3 is 5.97 Å². The first-order chi connectivity index (χ1) is 8.06. The van der Waals surface area contributed by atoms with Gasteiger partial charge in [0.05, 0.1) is 17.6 Å². The molecular weight excluding hydrogens is 222 g/mol. The number of aromatic nitrogens is 1. The Labute approximate surface area is 97.9 Å². The second-order valence-electron chi connectivity index (χ2n) is 3.44. The Morgan fingerprint density at radius 3 is 2.94 bits per heavy atom. The van der Waals surface area contributed by atoms with E-state index in [1.807, 2.05) is 6.07 Å². The highest BCUT2D eigenvalue weighted by atomic mass is 16.4. The molecule has 1 rings (SSSR count). The van der Waals surface area contributed by atoms with Crippen LogP contribution in [0.15, 0.2) is 18.3 Å². The maximum Gasteiger partial charge on any atom is 0.338 e. The molecule has 88 valence electrons. The van der Waals surface area contributed by atoms with Gasteiger partial charge in [0.2, 0.25) is 0 Å². The number of rotatable bonds is 4. The summed E-state index contributed by atoms with van der Waals surface area (Å²) in [6.07, 6.45) is 1.34. The molecule has 0 saturated carbocycles. The molecule has 0 aromatic carbocycles. The largest absolute Gasteiger partial charge is 0.478 e. The predicted molar refractivity (Wildman–Crippen MR) is 58.3 cm³/mol. The summed E-state index contributed by atoms with van der Waals surface area (Å²) in [6, 6.07) is 4.70. The van der Waals surface area contributed by atoms with Crippen LogP contribution in [-0.4, -0.2) is 28.5 Å². The van der Waals surface area contributed by atoms with Crippen molar-refractivity contribution in [1.82, 2.24) is 10.3 Å². The molecule has 17 heavy (non-hydrogen) atoms. The van der Waals surface area contributed by atoms with E-state index in [1.165, 1.54) is 18.3 Å². The molecule has 0 fully saturated rings. The number of carbonyl (C=O) groups is 2. The Balaban J connectivity index is 2.83. The van der Waals surface area contributed by atoms with Gasteiger partial charge < -0.3 is 10.4 Å². The van der Waals surface area contributed by atoms with Crippen LogP contribution in [0, 0.1) is 17.2 Å². The highest BCUT2D eigenvalue weighted by Crippen LogP contribution is 2.05. The zero-order valence-corrected chi connectivity index (χ0v) is 9.17. The molecule has 6 nitrogen and oxygen atoms in total. The van der Waals surface area contributed by atoms with Gasteiger partial charge in [-0.05, 0) is 19.1 Å². The van der Waals surface area contributed by atoms with Crippen molar-refractivity contribution < 1.29 is 14.7 Å². The van der Waals surface area contributed by atoms with Crippen LogP contribution in [-0.2, 0) is 0 Å². The zero-order chi connectivity index (χ0) is 12.8. The molecule has 0 aliphatic rings. The third-order valence-corrected chi connectivity index (χ3v) is 2.04. The Bertz CT molecular complexity index is 479. The number of carboxylic acids is 1. The fraction of sp³-hybridized carbons (Fsp3) is 0.273. The first-order valence-corrected chi connectivity index (χ1v) is 4.92. The second kappa shape index (κ2) is 5.61. The summed E-state index contributed by atoms with van der Waals surface area (Å²) in [5.41, 5.74) is -0.306. The number of amides is 1. The van der Waals surface area contributed by atoms with Crippen molar-refractivity contribution >= 4 is 11.9 Å². The third-order valence-electron chi connectivity index (χ3n) is 2.04. The van der Waals surface area contributed by atoms with Crippen molar-refractivity contribution in [3.8, 4) is 6.07 Å². The van der Waals surface area contributed by atoms with Crippen LogP contribution < -0.4 is 5.32 Å². The molecule has 1 amide bonds. The van der Waals surface area contributed by atoms with Gasteiger partial charge in [-0.15, -0.1) is 0 Å². The Kier molecular flexibility index (Phi) is 4.17. The number of carbonyl (C=O) groups excluding carboxylic acids is 1. The van der Waals surface area contributed by atoms with E-state index in [1.54, 1.807) is 6.92 Å². The van der Waals surface area contributed by atoms with E-state index in [0.29, 0.717) is 0 Å². The average molecular weight is 233 g/mol. The molecule has 0 saturated heterocycles. The van der Waals surface area contributed by atoms with Crippen LogP contribution in [0.5, 0.6) is 0 Å². The summed E-state index contributed by atoms with van der Waals surface area (Å²) in [6.45, 7) is 1.81. The van der Waals surface area contributed by atoms with Gasteiger partial charge in [-0.3, -0.25) is 9.78 Å². The highest BCUT2D eigenvalue weighted by molar-refractivity contribution is 6.03. The van der Waals surface area contributed by atoms with Crippen LogP contribution in [0.2, 0.25) is 0 Å². The number of nitrogens with one attached hydrogen (secondary N) is 1. The van der Waals surface area contributed by atoms with Crippen LogP contribution in [0.3, 0.4) is 0 Å². The first kappa shape index (κ1) is 12.6. The van der Waals surface area contributed by atoms with E-state index in [0.717, 1.165) is 0 Å². The smallest absolute Gasteiger partial charge is 0.338 e. The van der Waals surface area contributed by atoms with Crippen LogP contribution in [0.25, 0.3) is 0 Å². The number of aromatic carboxylic acids is 1. The Morgan fingerprint density at radius 2 is 2.35 bits per heavy atom. The average Bonchev–Trinajstić information content (AvgIpc) is 2.35. The predicted octanol–water partition coefficient (Wildman–Crippen LogP) is 0.669. The van der Waals surface area contributed by atoms with E-state index in [9.17, 15) is 9.59 Å². The van der Waals surface area contributed by atoms with E-state index in [4.69, 9.17) is 10.4 Å². The number of hydrogen-bond donors (Lipinski definition) is 2. The SMILES string of the molecule is CC(C#N)CNC(=O)c1ncccc1C(=O)O. The zero-order valence-electron chi connectivity index (χ0n) is 9.17. The van der Waals surface area contributed by atoms with Crippen molar-refractivity contribution in [3.05, 3.63) is 29.6 Å². The fourth-order valence-electron chi connectivity index (χ4n) is 1.13. The molecule has 0 spiro atoms. The van der Waals surface area contributed by atoms with E-state index in [2.05, 4.69) is 10.3 Å². The quantitative estimate of drug-likeness (QED) is 0.795. The molecule has 0 bridgehead atoms. The van der Waals surface area contributed by atoms with E-state index >= 15 is 0 Å². The van der Waals surface area contributed by atoms with Gasteiger partial charge in [-0.1, -0.05) is 0 Å². The molecule has 6 heteroatoms. The highest BCUT2D eigenvalue weighted by Gasteiger charge is 2.17. The minimum atomic E-state index is -1.21. The molecule has 1 aromatic heterocycles. The van der Waals surface area contributed by atoms with Gasteiger partial charge in [-0.25, -0.2) is 4.79 Å². The summed E-state index contributed by atoms with van der Waals surface area (Å²) < 4.78 is 0. The lowest BCUT2D eigenvalue weighted by Gasteiger charge is -2.07. The molecule has 0 aliphatic carbocycles. The van der Waals surface area contributed by atoms with Crippen LogP contribution in [0.1, 0.15) is 27.8 Å². The summed E-state index contributed by atoms with van der Waals surface area (Å²) in [5, 5.41) is 19.9. The van der Waals surface area contributed by atoms with Crippen molar-refractivity contribution in [2.24, 2.45) is 5.92 Å². The minimum Gasteiger partial charge on any atom is -0.478 e. The molecule has 1 heterocycles. The van der Waals surface area contributed by atoms with Gasteiger partial charge in [0.25, 0.3) is 5.91 Å². The Hall–Kier alpha value is -2.42. The lowest BCUT2D eigenvalue weighted by atomic mass is 10.1. The van der Waals surface area contributed by atoms with Gasteiger partial charge in [0, 0.05) is 12.7 Å². The summed E-state index contributed by atoms with van der Waals surface area (Å²) >= 11 is 0. The summed E-state index contributed by atoms with van der Waals surface area (Å²) in [5.74, 6) is -2.14. The van der Waals surface area contributed by atoms with Crippen LogP contribution >= 0.6 is 0 Å². The normalized spacial score (nSPS) is 11.3. The van der Waals surface area contributed by atoms with Crippen molar-refractivity contribution in [3.63, 3.8) is 0 Å². The summed E-state index contributed by atoms with van der Waals surface area (Å²) in [4.78, 5) is 26.2. The van der Waals surface area contributed by atoms with Gasteiger partial charge in [-0.2, -0.15) is 5.26 Å². The van der Waals surface area contributed by atoms with Crippen molar-refractivity contribution in [1.29, 1.82) is 5.26 Å². The maximum absolute atomic E-state index is 11.6. The van der Waals surface area contributed by atoms with Crippen molar-refractivity contribution in [2.75, 3.05) is 6.54 Å². The van der Waals surface area contributed by atoms with Gasteiger partial charge in [0.1, 0.15) is 5.69 Å². The second-order valence-corrected chi connectivity index (χ2v) is 3.44. The third kappa shape index (κ3) is 3.28. The standard InChI is InChI=1S/C11H11N3O3/c1-7(5-12)6-14-10(15)9-8(11(16)17)3-2-4-13-9/h2-4,7H,6H2,1H3,(H,14,15)(H,16,17).